The maximum Gasteiger partial charge on any atom is 0.283 e. The molecule has 5 aromatic rings. The third kappa shape index (κ3) is 3.81. The number of fused-ring (bicyclic) bond motifs is 2. The lowest BCUT2D eigenvalue weighted by atomic mass is 10.2. The van der Waals surface area contributed by atoms with E-state index in [0.29, 0.717) is 54.6 Å². The van der Waals surface area contributed by atoms with Crippen molar-refractivity contribution in [2.24, 2.45) is 0 Å². The lowest BCUT2D eigenvalue weighted by Crippen LogP contribution is -2.49. The highest BCUT2D eigenvalue weighted by Gasteiger charge is 2.24. The molecule has 178 valence electrons. The summed E-state index contributed by atoms with van der Waals surface area (Å²) in [5.74, 6) is 0. The van der Waals surface area contributed by atoms with Crippen molar-refractivity contribution < 1.29 is 4.74 Å². The Kier molecular flexibility index (Phi) is 5.58. The van der Waals surface area contributed by atoms with Crippen LogP contribution < -0.4 is 16.1 Å². The molecule has 0 unspecified atom stereocenters. The number of pyridine rings is 1. The zero-order chi connectivity index (χ0) is 24.1. The lowest BCUT2D eigenvalue weighted by molar-refractivity contribution is 0.110. The van der Waals surface area contributed by atoms with Gasteiger partial charge in [-0.2, -0.15) is 4.68 Å². The molecule has 4 heterocycles. The summed E-state index contributed by atoms with van der Waals surface area (Å²) in [5.41, 5.74) is 2.73. The summed E-state index contributed by atoms with van der Waals surface area (Å²) in [5, 5.41) is 3.05. The molecule has 0 atom stereocenters. The number of rotatable bonds is 4. The van der Waals surface area contributed by atoms with Gasteiger partial charge in [0.1, 0.15) is 0 Å². The van der Waals surface area contributed by atoms with Gasteiger partial charge in [-0.3, -0.25) is 14.3 Å². The molecular weight excluding hydrogens is 530 g/mol. The van der Waals surface area contributed by atoms with E-state index >= 15 is 0 Å². The van der Waals surface area contributed by atoms with Crippen molar-refractivity contribution >= 4 is 48.4 Å². The zero-order valence-corrected chi connectivity index (χ0v) is 21.4. The molecule has 35 heavy (non-hydrogen) atoms. The molecule has 1 aliphatic rings. The van der Waals surface area contributed by atoms with Crippen molar-refractivity contribution in [2.75, 3.05) is 31.3 Å². The van der Waals surface area contributed by atoms with Gasteiger partial charge in [0.25, 0.3) is 11.1 Å². The van der Waals surface area contributed by atoms with Gasteiger partial charge >= 0.3 is 0 Å². The first-order valence-corrected chi connectivity index (χ1v) is 12.9. The van der Waals surface area contributed by atoms with Gasteiger partial charge in [0.15, 0.2) is 0 Å². The molecule has 0 N–H and O–H groups in total. The van der Waals surface area contributed by atoms with Gasteiger partial charge in [0.2, 0.25) is 5.13 Å². The Morgan fingerprint density at radius 1 is 1.06 bits per heavy atom. The van der Waals surface area contributed by atoms with Gasteiger partial charge < -0.3 is 9.75 Å². The number of hydrogen-bond acceptors (Lipinski definition) is 6. The number of para-hydroxylation sites is 1. The minimum atomic E-state index is -0.185. The Balaban J connectivity index is 1.62. The Morgan fingerprint density at radius 2 is 1.80 bits per heavy atom. The molecular formula is C25H22BrN5O3S. The molecule has 0 spiro atoms. The molecule has 6 rings (SSSR count). The molecule has 2 aromatic carbocycles. The summed E-state index contributed by atoms with van der Waals surface area (Å²) in [6.07, 6.45) is 0. The molecule has 0 amide bonds. The molecule has 0 bridgehead atoms. The average Bonchev–Trinajstić information content (AvgIpc) is 3.39. The van der Waals surface area contributed by atoms with Crippen LogP contribution in [0.4, 0.5) is 0 Å². The number of benzene rings is 2. The Bertz CT molecular complexity index is 1640. The van der Waals surface area contributed by atoms with Crippen LogP contribution in [0.1, 0.15) is 11.3 Å². The van der Waals surface area contributed by atoms with Crippen LogP contribution in [0.2, 0.25) is 0 Å². The maximum atomic E-state index is 14.0. The van der Waals surface area contributed by atoms with Crippen LogP contribution >= 0.6 is 27.3 Å². The summed E-state index contributed by atoms with van der Waals surface area (Å²) in [4.78, 5) is 32.1. The summed E-state index contributed by atoms with van der Waals surface area (Å²) < 4.78 is 12.6. The van der Waals surface area contributed by atoms with E-state index in [1.165, 1.54) is 11.3 Å². The molecule has 8 nitrogen and oxygen atoms in total. The standard InChI is InChI=1S/C25H22BrN5O3S/c1-16-23-20(14-22(32)30(16)28-10-12-34-13-11-28)29(15-17-6-8-18(26)9-7-17)31(24(23)33)25-27-19-4-2-3-5-21(19)35-25/h2-9,14H,10-13,15H2,1H3. The number of nitrogens with zero attached hydrogens (tertiary/aromatic N) is 5. The number of thiazole rings is 1. The molecule has 1 fully saturated rings. The quantitative estimate of drug-likeness (QED) is 0.341. The van der Waals surface area contributed by atoms with Crippen molar-refractivity contribution in [1.29, 1.82) is 0 Å². The normalized spacial score (nSPS) is 14.3. The first kappa shape index (κ1) is 22.3. The Morgan fingerprint density at radius 3 is 2.54 bits per heavy atom. The maximum absolute atomic E-state index is 14.0. The number of halogens is 1. The van der Waals surface area contributed by atoms with Gasteiger partial charge in [-0.05, 0) is 36.8 Å². The summed E-state index contributed by atoms with van der Waals surface area (Å²) >= 11 is 4.94. The van der Waals surface area contributed by atoms with Gasteiger partial charge in [0, 0.05) is 10.5 Å². The third-order valence-electron chi connectivity index (χ3n) is 6.31. The number of aromatic nitrogens is 4. The number of hydrogen-bond donors (Lipinski definition) is 0. The van der Waals surface area contributed by atoms with Crippen LogP contribution in [0.5, 0.6) is 0 Å². The highest BCUT2D eigenvalue weighted by molar-refractivity contribution is 9.10. The molecule has 0 radical (unpaired) electrons. The van der Waals surface area contributed by atoms with Gasteiger partial charge in [-0.1, -0.05) is 51.5 Å². The van der Waals surface area contributed by atoms with Crippen LogP contribution in [-0.2, 0) is 11.3 Å². The topological polar surface area (TPSA) is 74.3 Å². The van der Waals surface area contributed by atoms with Crippen LogP contribution in [0.25, 0.3) is 26.3 Å². The number of aryl methyl sites for hydroxylation is 1. The lowest BCUT2D eigenvalue weighted by Gasteiger charge is -2.31. The van der Waals surface area contributed by atoms with E-state index in [2.05, 4.69) is 15.9 Å². The average molecular weight is 552 g/mol. The van der Waals surface area contributed by atoms with Crippen molar-refractivity contribution in [2.45, 2.75) is 13.5 Å². The van der Waals surface area contributed by atoms with E-state index in [-0.39, 0.29) is 11.1 Å². The fourth-order valence-electron chi connectivity index (χ4n) is 4.66. The number of ether oxygens (including phenoxy) is 1. The van der Waals surface area contributed by atoms with Crippen LogP contribution in [-0.4, -0.2) is 45.3 Å². The molecule has 0 aliphatic carbocycles. The van der Waals surface area contributed by atoms with Crippen LogP contribution in [0, 0.1) is 6.92 Å². The second-order valence-electron chi connectivity index (χ2n) is 8.47. The zero-order valence-electron chi connectivity index (χ0n) is 19.0. The van der Waals surface area contributed by atoms with Crippen molar-refractivity contribution in [3.63, 3.8) is 0 Å². The molecule has 3 aromatic heterocycles. The monoisotopic (exact) mass is 551 g/mol. The van der Waals surface area contributed by atoms with E-state index in [4.69, 9.17) is 9.72 Å². The summed E-state index contributed by atoms with van der Waals surface area (Å²) in [6.45, 7) is 4.54. The first-order chi connectivity index (χ1) is 17.0. The van der Waals surface area contributed by atoms with Crippen molar-refractivity contribution in [1.82, 2.24) is 19.0 Å². The Labute approximate surface area is 212 Å². The summed E-state index contributed by atoms with van der Waals surface area (Å²) in [7, 11) is 0. The highest BCUT2D eigenvalue weighted by atomic mass is 79.9. The highest BCUT2D eigenvalue weighted by Crippen LogP contribution is 2.26. The van der Waals surface area contributed by atoms with E-state index in [0.717, 1.165) is 20.3 Å². The second-order valence-corrected chi connectivity index (χ2v) is 10.4. The second kappa shape index (κ2) is 8.78. The van der Waals surface area contributed by atoms with Crippen molar-refractivity contribution in [3.05, 3.63) is 91.0 Å². The Hall–Kier alpha value is -3.21. The van der Waals surface area contributed by atoms with Crippen LogP contribution in [0.3, 0.4) is 0 Å². The summed E-state index contributed by atoms with van der Waals surface area (Å²) in [6, 6.07) is 17.4. The number of morpholine rings is 1. The van der Waals surface area contributed by atoms with Gasteiger partial charge in [-0.25, -0.2) is 9.66 Å². The first-order valence-electron chi connectivity index (χ1n) is 11.3. The van der Waals surface area contributed by atoms with Crippen LogP contribution in [0.15, 0.2) is 68.7 Å². The molecule has 1 aliphatic heterocycles. The smallest absolute Gasteiger partial charge is 0.283 e. The van der Waals surface area contributed by atoms with E-state index in [9.17, 15) is 9.59 Å². The third-order valence-corrected chi connectivity index (χ3v) is 7.85. The largest absolute Gasteiger partial charge is 0.378 e. The van der Waals surface area contributed by atoms with E-state index in [1.54, 1.807) is 15.4 Å². The van der Waals surface area contributed by atoms with E-state index in [1.807, 2.05) is 65.1 Å². The van der Waals surface area contributed by atoms with Gasteiger partial charge in [0.05, 0.1) is 59.7 Å². The SMILES string of the molecule is Cc1c2c(=O)n(-c3nc4ccccc4s3)n(Cc3ccc(Br)cc3)c2cc(=O)n1N1CCOCC1. The van der Waals surface area contributed by atoms with Gasteiger partial charge in [-0.15, -0.1) is 0 Å². The fraction of sp³-hybridized carbons (Fsp3) is 0.240. The molecule has 10 heteroatoms. The molecule has 1 saturated heterocycles. The fourth-order valence-corrected chi connectivity index (χ4v) is 5.90. The minimum Gasteiger partial charge on any atom is -0.378 e. The minimum absolute atomic E-state index is 0.164. The van der Waals surface area contributed by atoms with Crippen molar-refractivity contribution in [3.8, 4) is 5.13 Å². The predicted octanol–water partition coefficient (Wildman–Crippen LogP) is 3.65. The van der Waals surface area contributed by atoms with E-state index < -0.39 is 0 Å². The molecule has 0 saturated carbocycles. The predicted molar refractivity (Wildman–Crippen MR) is 142 cm³/mol.